The zero-order chi connectivity index (χ0) is 19.6. The summed E-state index contributed by atoms with van der Waals surface area (Å²) in [5, 5.41) is 0. The molecule has 0 bridgehead atoms. The summed E-state index contributed by atoms with van der Waals surface area (Å²) < 4.78 is 4.91. The van der Waals surface area contributed by atoms with Crippen molar-refractivity contribution in [2.45, 2.75) is 83.6 Å². The van der Waals surface area contributed by atoms with Crippen molar-refractivity contribution in [1.82, 2.24) is 0 Å². The molecule has 2 rings (SSSR count). The molecule has 0 amide bonds. The van der Waals surface area contributed by atoms with Gasteiger partial charge in [-0.15, -0.1) is 0 Å². The van der Waals surface area contributed by atoms with Crippen molar-refractivity contribution in [3.05, 3.63) is 66.2 Å². The van der Waals surface area contributed by atoms with E-state index in [2.05, 4.69) is 31.2 Å². The largest absolute Gasteiger partial charge is 0.497 e. The maximum absolute atomic E-state index is 4.91. The molecular weight excluding hydrogens is 316 g/mol. The highest BCUT2D eigenvalue weighted by molar-refractivity contribution is 5.20. The summed E-state index contributed by atoms with van der Waals surface area (Å²) in [6.45, 7) is 18.2. The zero-order valence-corrected chi connectivity index (χ0v) is 17.9. The van der Waals surface area contributed by atoms with E-state index < -0.39 is 0 Å². The van der Waals surface area contributed by atoms with Crippen molar-refractivity contribution in [1.29, 1.82) is 0 Å². The number of benzene rings is 2. The van der Waals surface area contributed by atoms with E-state index in [9.17, 15) is 0 Å². The van der Waals surface area contributed by atoms with E-state index in [0.717, 1.165) is 12.2 Å². The van der Waals surface area contributed by atoms with E-state index in [4.69, 9.17) is 4.74 Å². The van der Waals surface area contributed by atoms with Gasteiger partial charge in [0.25, 0.3) is 0 Å². The third kappa shape index (κ3) is 30.2. The van der Waals surface area contributed by atoms with Gasteiger partial charge in [0.2, 0.25) is 0 Å². The van der Waals surface area contributed by atoms with Gasteiger partial charge in [-0.3, -0.25) is 0 Å². The second-order valence-electron chi connectivity index (χ2n) is 3.36. The molecule has 0 saturated carbocycles. The van der Waals surface area contributed by atoms with Gasteiger partial charge in [0.15, 0.2) is 0 Å². The predicted octanol–water partition coefficient (Wildman–Crippen LogP) is 9.32. The molecule has 1 heteroatoms. The Hall–Kier alpha value is -1.76. The minimum atomic E-state index is 0. The molecule has 26 heavy (non-hydrogen) atoms. The fraction of sp³-hybridized carbons (Fsp3) is 0.520. The Morgan fingerprint density at radius 1 is 0.577 bits per heavy atom. The average Bonchev–Trinajstić information content (AvgIpc) is 2.75. The number of ether oxygens (including phenoxy) is 1. The summed E-state index contributed by atoms with van der Waals surface area (Å²) in [5.41, 5.74) is 1.41. The van der Waals surface area contributed by atoms with E-state index in [1.165, 1.54) is 5.56 Å². The van der Waals surface area contributed by atoms with Crippen molar-refractivity contribution in [2.24, 2.45) is 0 Å². The standard InChI is InChI=1S/C8H10.C7H8O.4C2H6.2CH4/c1-2-8-6-4-3-5-7-8;1-8-7-5-3-2-4-6-7;4*1-2;;/h3-7H,2H2,1H3;2-6H,1H3;4*1-2H3;2*1H4. The number of hydrogen-bond donors (Lipinski definition) is 0. The Morgan fingerprint density at radius 2 is 0.885 bits per heavy atom. The Kier molecular flexibility index (Phi) is 66.0. The molecule has 0 unspecified atom stereocenters. The van der Waals surface area contributed by atoms with Crippen molar-refractivity contribution in [2.75, 3.05) is 7.11 Å². The van der Waals surface area contributed by atoms with Gasteiger partial charge in [-0.2, -0.15) is 0 Å². The van der Waals surface area contributed by atoms with Gasteiger partial charge in [0.1, 0.15) is 5.75 Å². The SMILES string of the molecule is C.C.CC.CC.CC.CC.CCc1ccccc1.COc1ccccc1. The van der Waals surface area contributed by atoms with E-state index in [1.807, 2.05) is 91.8 Å². The third-order valence-corrected chi connectivity index (χ3v) is 2.23. The van der Waals surface area contributed by atoms with E-state index in [1.54, 1.807) is 7.11 Å². The lowest BCUT2D eigenvalue weighted by Crippen LogP contribution is -1.78. The molecular formula is C25H50O. The van der Waals surface area contributed by atoms with Crippen LogP contribution in [-0.2, 0) is 6.42 Å². The second kappa shape index (κ2) is 43.6. The number of hydrogen-bond acceptors (Lipinski definition) is 1. The molecule has 0 aliphatic carbocycles. The van der Waals surface area contributed by atoms with Gasteiger partial charge in [-0.1, -0.05) is 126 Å². The molecule has 0 aliphatic heterocycles. The summed E-state index contributed by atoms with van der Waals surface area (Å²) in [5.74, 6) is 0.910. The molecule has 0 saturated heterocycles. The molecule has 0 atom stereocenters. The van der Waals surface area contributed by atoms with Gasteiger partial charge in [0, 0.05) is 0 Å². The highest BCUT2D eigenvalue weighted by atomic mass is 16.5. The molecule has 0 spiro atoms. The van der Waals surface area contributed by atoms with Crippen LogP contribution in [0.2, 0.25) is 0 Å². The maximum Gasteiger partial charge on any atom is 0.118 e. The van der Waals surface area contributed by atoms with Crippen LogP contribution in [0.1, 0.15) is 82.7 Å². The normalized spacial score (nSPS) is 6.38. The lowest BCUT2D eigenvalue weighted by Gasteiger charge is -1.93. The van der Waals surface area contributed by atoms with Gasteiger partial charge < -0.3 is 4.74 Å². The lowest BCUT2D eigenvalue weighted by molar-refractivity contribution is 0.415. The van der Waals surface area contributed by atoms with Crippen LogP contribution >= 0.6 is 0 Å². The number of rotatable bonds is 2. The third-order valence-electron chi connectivity index (χ3n) is 2.23. The van der Waals surface area contributed by atoms with Crippen molar-refractivity contribution in [3.63, 3.8) is 0 Å². The second-order valence-corrected chi connectivity index (χ2v) is 3.36. The van der Waals surface area contributed by atoms with Gasteiger partial charge in [-0.25, -0.2) is 0 Å². The minimum absolute atomic E-state index is 0. The van der Waals surface area contributed by atoms with Crippen LogP contribution in [0.25, 0.3) is 0 Å². The van der Waals surface area contributed by atoms with Gasteiger partial charge >= 0.3 is 0 Å². The monoisotopic (exact) mass is 366 g/mol. The zero-order valence-electron chi connectivity index (χ0n) is 17.9. The molecule has 0 fully saturated rings. The molecule has 0 heterocycles. The Labute approximate surface area is 167 Å². The van der Waals surface area contributed by atoms with Crippen LogP contribution in [0, 0.1) is 0 Å². The quantitative estimate of drug-likeness (QED) is 0.514. The molecule has 1 nitrogen and oxygen atoms in total. The molecule has 2 aromatic rings. The molecule has 156 valence electrons. The maximum atomic E-state index is 4.91. The van der Waals surface area contributed by atoms with Crippen molar-refractivity contribution >= 4 is 0 Å². The first kappa shape index (κ1) is 39.4. The van der Waals surface area contributed by atoms with E-state index >= 15 is 0 Å². The van der Waals surface area contributed by atoms with Crippen molar-refractivity contribution in [3.8, 4) is 5.75 Å². The molecule has 0 aromatic heterocycles. The van der Waals surface area contributed by atoms with Gasteiger partial charge in [0.05, 0.1) is 7.11 Å². The summed E-state index contributed by atoms with van der Waals surface area (Å²) >= 11 is 0. The Morgan fingerprint density at radius 3 is 1.08 bits per heavy atom. The fourth-order valence-electron chi connectivity index (χ4n) is 1.27. The van der Waals surface area contributed by atoms with Crippen LogP contribution in [0.3, 0.4) is 0 Å². The minimum Gasteiger partial charge on any atom is -0.497 e. The molecule has 0 radical (unpaired) electrons. The fourth-order valence-corrected chi connectivity index (χ4v) is 1.27. The Bertz CT molecular complexity index is 328. The first-order valence-corrected chi connectivity index (χ1v) is 9.49. The van der Waals surface area contributed by atoms with Gasteiger partial charge in [-0.05, 0) is 24.1 Å². The number of aryl methyl sites for hydroxylation is 1. The number of para-hydroxylation sites is 1. The lowest BCUT2D eigenvalue weighted by atomic mass is 10.2. The summed E-state index contributed by atoms with van der Waals surface area (Å²) in [6.07, 6.45) is 1.14. The highest BCUT2D eigenvalue weighted by Gasteiger charge is 1.80. The van der Waals surface area contributed by atoms with Crippen LogP contribution in [0.15, 0.2) is 60.7 Å². The van der Waals surface area contributed by atoms with E-state index in [0.29, 0.717) is 0 Å². The van der Waals surface area contributed by atoms with Crippen molar-refractivity contribution < 1.29 is 4.74 Å². The molecule has 0 N–H and O–H groups in total. The summed E-state index contributed by atoms with van der Waals surface area (Å²) in [4.78, 5) is 0. The number of methoxy groups -OCH3 is 1. The summed E-state index contributed by atoms with van der Waals surface area (Å²) in [7, 11) is 1.66. The van der Waals surface area contributed by atoms with E-state index in [-0.39, 0.29) is 14.9 Å². The van der Waals surface area contributed by atoms with Crippen LogP contribution in [-0.4, -0.2) is 7.11 Å². The first-order valence-electron chi connectivity index (χ1n) is 9.49. The average molecular weight is 367 g/mol. The summed E-state index contributed by atoms with van der Waals surface area (Å²) in [6, 6.07) is 20.1. The van der Waals surface area contributed by atoms with Crippen LogP contribution < -0.4 is 4.74 Å². The molecule has 2 aromatic carbocycles. The molecule has 0 aliphatic rings. The highest BCUT2D eigenvalue weighted by Crippen LogP contribution is 2.05. The topological polar surface area (TPSA) is 9.23 Å². The Balaban J connectivity index is -0.0000000528. The smallest absolute Gasteiger partial charge is 0.118 e. The van der Waals surface area contributed by atoms with Crippen LogP contribution in [0.5, 0.6) is 5.75 Å². The first-order chi connectivity index (χ1) is 11.9. The predicted molar refractivity (Wildman–Crippen MR) is 128 cm³/mol. The van der Waals surface area contributed by atoms with Crippen LogP contribution in [0.4, 0.5) is 0 Å².